The molecular weight excluding hydrogens is 92.1 g/mol. The molecule has 0 saturated carbocycles. The minimum atomic E-state index is 0.0850. The highest BCUT2D eigenvalue weighted by atomic mass is 16.5. The molecule has 0 heterocycles. The fraction of sp³-hybridized carbons (Fsp3) is 0.750. The van der Waals surface area contributed by atoms with Crippen LogP contribution < -0.4 is 5.73 Å². The van der Waals surface area contributed by atoms with E-state index in [9.17, 15) is 0 Å². The number of ether oxygens (including phenoxy) is 1. The number of nitrogens with one attached hydrogen (secondary N) is 1. The van der Waals surface area contributed by atoms with Crippen LogP contribution in [0.4, 0.5) is 0 Å². The summed E-state index contributed by atoms with van der Waals surface area (Å²) >= 11 is 0. The maximum atomic E-state index is 6.65. The summed E-state index contributed by atoms with van der Waals surface area (Å²) in [6.07, 6.45) is 0. The van der Waals surface area contributed by atoms with Gasteiger partial charge in [0.25, 0.3) is 0 Å². The summed E-state index contributed by atoms with van der Waals surface area (Å²) in [7, 11) is 0. The Bertz CT molecular complexity index is 62.7. The minimum absolute atomic E-state index is 0.0850. The van der Waals surface area contributed by atoms with Gasteiger partial charge < -0.3 is 10.5 Å². The van der Waals surface area contributed by atoms with Crippen LogP contribution in [0.3, 0.4) is 0 Å². The molecule has 0 aromatic carbocycles. The van der Waals surface area contributed by atoms with Gasteiger partial charge in [0.2, 0.25) is 0 Å². The van der Waals surface area contributed by atoms with E-state index in [2.05, 4.69) is 0 Å². The number of nitrogens with two attached hydrogens (primary N) is 1. The monoisotopic (exact) mass is 102 g/mol. The van der Waals surface area contributed by atoms with E-state index in [0.29, 0.717) is 6.61 Å². The summed E-state index contributed by atoms with van der Waals surface area (Å²) in [5, 5.41) is 6.65. The molecule has 0 saturated heterocycles. The molecule has 7 heavy (non-hydrogen) atoms. The first-order valence-electron chi connectivity index (χ1n) is 2.18. The van der Waals surface area contributed by atoms with Crippen molar-refractivity contribution in [3.05, 3.63) is 0 Å². The Balaban J connectivity index is 2.82. The predicted molar refractivity (Wildman–Crippen MR) is 28.4 cm³/mol. The molecular formula is C4H10N2O. The van der Waals surface area contributed by atoms with Crippen LogP contribution in [-0.2, 0) is 4.74 Å². The van der Waals surface area contributed by atoms with Gasteiger partial charge in [0.05, 0.1) is 0 Å². The average Bonchev–Trinajstić information content (AvgIpc) is 1.61. The molecule has 0 aliphatic rings. The Morgan fingerprint density at radius 3 is 2.57 bits per heavy atom. The molecule has 0 aliphatic carbocycles. The number of rotatable bonds is 3. The average molecular weight is 102 g/mol. The Kier molecular flexibility index (Phi) is 3.32. The summed E-state index contributed by atoms with van der Waals surface area (Å²) in [5.41, 5.74) is 4.94. The molecule has 0 amide bonds. The highest BCUT2D eigenvalue weighted by Gasteiger charge is 1.82. The van der Waals surface area contributed by atoms with E-state index in [1.807, 2.05) is 6.92 Å². The predicted octanol–water partition coefficient (Wildman–Crippen LogP) is -0.0411. The zero-order chi connectivity index (χ0) is 5.70. The molecule has 0 unspecified atom stereocenters. The van der Waals surface area contributed by atoms with Crippen LogP contribution in [0.1, 0.15) is 6.92 Å². The van der Waals surface area contributed by atoms with Gasteiger partial charge in [0.15, 0.2) is 0 Å². The normalized spacial score (nSPS) is 8.71. The van der Waals surface area contributed by atoms with Crippen LogP contribution >= 0.6 is 0 Å². The standard InChI is InChI=1S/C4H10N2O/c1-2-7-3-4(5)6/h2-3H2,1H3,(H3,5,6). The molecule has 3 nitrogen and oxygen atoms in total. The van der Waals surface area contributed by atoms with Crippen LogP contribution in [0.2, 0.25) is 0 Å². The third kappa shape index (κ3) is 5.43. The molecule has 3 N–H and O–H groups in total. The van der Waals surface area contributed by atoms with Crippen molar-refractivity contribution < 1.29 is 4.74 Å². The largest absolute Gasteiger partial charge is 0.386 e. The molecule has 0 rings (SSSR count). The van der Waals surface area contributed by atoms with Gasteiger partial charge in [-0.05, 0) is 6.92 Å². The molecule has 42 valence electrons. The van der Waals surface area contributed by atoms with Crippen LogP contribution in [0.15, 0.2) is 0 Å². The highest BCUT2D eigenvalue weighted by molar-refractivity contribution is 5.78. The van der Waals surface area contributed by atoms with Gasteiger partial charge in [0.1, 0.15) is 12.4 Å². The third-order valence-corrected chi connectivity index (χ3v) is 0.462. The van der Waals surface area contributed by atoms with Gasteiger partial charge in [-0.1, -0.05) is 0 Å². The first kappa shape index (κ1) is 6.43. The van der Waals surface area contributed by atoms with E-state index < -0.39 is 0 Å². The number of hydrogen-bond donors (Lipinski definition) is 2. The van der Waals surface area contributed by atoms with Crippen molar-refractivity contribution in [3.8, 4) is 0 Å². The number of amidine groups is 1. The minimum Gasteiger partial charge on any atom is -0.386 e. The fourth-order valence-electron chi connectivity index (χ4n) is 0.212. The third-order valence-electron chi connectivity index (χ3n) is 0.462. The molecule has 0 aromatic heterocycles. The maximum Gasteiger partial charge on any atom is 0.117 e. The summed E-state index contributed by atoms with van der Waals surface area (Å²) in [4.78, 5) is 0. The molecule has 0 fully saturated rings. The fourth-order valence-corrected chi connectivity index (χ4v) is 0.212. The van der Waals surface area contributed by atoms with Crippen molar-refractivity contribution in [1.82, 2.24) is 0 Å². The topological polar surface area (TPSA) is 59.1 Å². The quantitative estimate of drug-likeness (QED) is 0.388. The highest BCUT2D eigenvalue weighted by Crippen LogP contribution is 1.68. The van der Waals surface area contributed by atoms with Crippen molar-refractivity contribution in [2.45, 2.75) is 6.92 Å². The lowest BCUT2D eigenvalue weighted by atomic mass is 10.7. The van der Waals surface area contributed by atoms with Crippen LogP contribution in [0.5, 0.6) is 0 Å². The maximum absolute atomic E-state index is 6.65. The number of hydrogen-bond acceptors (Lipinski definition) is 2. The zero-order valence-corrected chi connectivity index (χ0v) is 4.40. The first-order valence-corrected chi connectivity index (χ1v) is 2.18. The van der Waals surface area contributed by atoms with Crippen molar-refractivity contribution >= 4 is 5.84 Å². The zero-order valence-electron chi connectivity index (χ0n) is 4.40. The first-order chi connectivity index (χ1) is 3.27. The molecule has 0 radical (unpaired) electrons. The Hall–Kier alpha value is -0.570. The summed E-state index contributed by atoms with van der Waals surface area (Å²) in [6, 6.07) is 0. The molecule has 0 spiro atoms. The van der Waals surface area contributed by atoms with E-state index in [4.69, 9.17) is 15.9 Å². The molecule has 0 aromatic rings. The van der Waals surface area contributed by atoms with E-state index in [0.717, 1.165) is 0 Å². The van der Waals surface area contributed by atoms with E-state index >= 15 is 0 Å². The summed E-state index contributed by atoms with van der Waals surface area (Å²) in [5.74, 6) is 0.0850. The molecule has 0 aliphatic heterocycles. The van der Waals surface area contributed by atoms with Crippen molar-refractivity contribution in [2.75, 3.05) is 13.2 Å². The SMILES string of the molecule is CCOCC(=N)N. The molecule has 3 heteroatoms. The van der Waals surface area contributed by atoms with Gasteiger partial charge in [0, 0.05) is 6.61 Å². The van der Waals surface area contributed by atoms with Gasteiger partial charge in [-0.15, -0.1) is 0 Å². The van der Waals surface area contributed by atoms with Gasteiger partial charge in [-0.3, -0.25) is 5.41 Å². The Labute approximate surface area is 43.0 Å². The van der Waals surface area contributed by atoms with E-state index in [1.54, 1.807) is 0 Å². The summed E-state index contributed by atoms with van der Waals surface area (Å²) in [6.45, 7) is 2.75. The van der Waals surface area contributed by atoms with E-state index in [1.165, 1.54) is 0 Å². The summed E-state index contributed by atoms with van der Waals surface area (Å²) < 4.78 is 4.75. The van der Waals surface area contributed by atoms with Crippen molar-refractivity contribution in [3.63, 3.8) is 0 Å². The smallest absolute Gasteiger partial charge is 0.117 e. The second kappa shape index (κ2) is 3.61. The van der Waals surface area contributed by atoms with Gasteiger partial charge in [-0.2, -0.15) is 0 Å². The van der Waals surface area contributed by atoms with Crippen molar-refractivity contribution in [1.29, 1.82) is 5.41 Å². The molecule has 0 atom stereocenters. The van der Waals surface area contributed by atoms with Crippen LogP contribution in [-0.4, -0.2) is 19.0 Å². The second-order valence-corrected chi connectivity index (χ2v) is 1.16. The Morgan fingerprint density at radius 1 is 1.86 bits per heavy atom. The Morgan fingerprint density at radius 2 is 2.43 bits per heavy atom. The van der Waals surface area contributed by atoms with Crippen LogP contribution in [0.25, 0.3) is 0 Å². The lowest BCUT2D eigenvalue weighted by molar-refractivity contribution is 0.186. The van der Waals surface area contributed by atoms with E-state index in [-0.39, 0.29) is 12.4 Å². The van der Waals surface area contributed by atoms with Gasteiger partial charge in [-0.25, -0.2) is 0 Å². The lowest BCUT2D eigenvalue weighted by Crippen LogP contribution is -2.16. The van der Waals surface area contributed by atoms with Gasteiger partial charge >= 0.3 is 0 Å². The van der Waals surface area contributed by atoms with Crippen molar-refractivity contribution in [2.24, 2.45) is 5.73 Å². The van der Waals surface area contributed by atoms with Crippen LogP contribution in [0, 0.1) is 5.41 Å². The molecule has 0 bridgehead atoms. The lowest BCUT2D eigenvalue weighted by Gasteiger charge is -1.94. The second-order valence-electron chi connectivity index (χ2n) is 1.16.